The van der Waals surface area contributed by atoms with Gasteiger partial charge in [-0.15, -0.1) is 0 Å². The van der Waals surface area contributed by atoms with Crippen LogP contribution in [-0.4, -0.2) is 20.3 Å². The number of methoxy groups -OCH3 is 1. The Bertz CT molecular complexity index is 384. The minimum Gasteiger partial charge on any atom is -0.496 e. The number of thiol groups is 1. The van der Waals surface area contributed by atoms with Crippen LogP contribution in [0.5, 0.6) is 5.75 Å². The summed E-state index contributed by atoms with van der Waals surface area (Å²) in [6.45, 7) is 5.70. The van der Waals surface area contributed by atoms with Crippen molar-refractivity contribution in [2.45, 2.75) is 24.5 Å². The van der Waals surface area contributed by atoms with E-state index in [0.717, 1.165) is 11.3 Å². The summed E-state index contributed by atoms with van der Waals surface area (Å²) >= 11 is 4.70. The molecule has 0 N–H and O–H groups in total. The van der Waals surface area contributed by atoms with Gasteiger partial charge in [0.1, 0.15) is 5.75 Å². The first kappa shape index (κ1) is 11.8. The SMILES string of the molecule is COc1ccc(C(C)C)cc1C1(S)COC1. The van der Waals surface area contributed by atoms with Crippen LogP contribution in [0.4, 0.5) is 0 Å². The third-order valence-corrected chi connectivity index (χ3v) is 3.57. The van der Waals surface area contributed by atoms with E-state index in [2.05, 4.69) is 26.0 Å². The molecule has 1 aromatic rings. The molecule has 0 amide bonds. The molecule has 1 aliphatic rings. The smallest absolute Gasteiger partial charge is 0.123 e. The molecule has 0 aliphatic carbocycles. The van der Waals surface area contributed by atoms with E-state index in [0.29, 0.717) is 19.1 Å². The Morgan fingerprint density at radius 1 is 1.38 bits per heavy atom. The maximum atomic E-state index is 5.40. The monoisotopic (exact) mass is 238 g/mol. The molecule has 0 radical (unpaired) electrons. The zero-order valence-electron chi connectivity index (χ0n) is 9.99. The number of hydrogen-bond acceptors (Lipinski definition) is 3. The van der Waals surface area contributed by atoms with Crippen molar-refractivity contribution in [1.82, 2.24) is 0 Å². The molecule has 1 saturated heterocycles. The lowest BCUT2D eigenvalue weighted by Crippen LogP contribution is -2.42. The summed E-state index contributed by atoms with van der Waals surface area (Å²) < 4.78 is 10.5. The number of rotatable bonds is 3. The van der Waals surface area contributed by atoms with Crippen LogP contribution in [0.2, 0.25) is 0 Å². The normalized spacial score (nSPS) is 18.3. The molecule has 0 saturated carbocycles. The van der Waals surface area contributed by atoms with Gasteiger partial charge in [0.2, 0.25) is 0 Å². The molecule has 1 aliphatic heterocycles. The highest BCUT2D eigenvalue weighted by molar-refractivity contribution is 7.81. The van der Waals surface area contributed by atoms with Crippen molar-refractivity contribution in [3.8, 4) is 5.75 Å². The first-order valence-corrected chi connectivity index (χ1v) is 6.00. The van der Waals surface area contributed by atoms with Gasteiger partial charge >= 0.3 is 0 Å². The quantitative estimate of drug-likeness (QED) is 0.816. The Morgan fingerprint density at radius 2 is 2.06 bits per heavy atom. The lowest BCUT2D eigenvalue weighted by Gasteiger charge is -2.38. The fraction of sp³-hybridized carbons (Fsp3) is 0.538. The molecule has 0 spiro atoms. The molecule has 2 nitrogen and oxygen atoms in total. The molecule has 0 aromatic heterocycles. The lowest BCUT2D eigenvalue weighted by atomic mass is 9.91. The van der Waals surface area contributed by atoms with Crippen molar-refractivity contribution >= 4 is 12.6 Å². The summed E-state index contributed by atoms with van der Waals surface area (Å²) in [4.78, 5) is 0. The maximum Gasteiger partial charge on any atom is 0.123 e. The highest BCUT2D eigenvalue weighted by atomic mass is 32.1. The summed E-state index contributed by atoms with van der Waals surface area (Å²) in [6, 6.07) is 6.34. The minimum atomic E-state index is -0.170. The molecule has 0 bridgehead atoms. The molecule has 1 heterocycles. The highest BCUT2D eigenvalue weighted by Gasteiger charge is 2.39. The predicted molar refractivity (Wildman–Crippen MR) is 68.6 cm³/mol. The maximum absolute atomic E-state index is 5.40. The first-order chi connectivity index (χ1) is 7.57. The van der Waals surface area contributed by atoms with Crippen LogP contribution < -0.4 is 4.74 Å². The fourth-order valence-corrected chi connectivity index (χ4v) is 2.26. The van der Waals surface area contributed by atoms with E-state index in [1.165, 1.54) is 5.56 Å². The second-order valence-corrected chi connectivity index (χ2v) is 5.49. The van der Waals surface area contributed by atoms with Crippen molar-refractivity contribution in [2.24, 2.45) is 0 Å². The van der Waals surface area contributed by atoms with Gasteiger partial charge < -0.3 is 9.47 Å². The lowest BCUT2D eigenvalue weighted by molar-refractivity contribution is -0.0106. The van der Waals surface area contributed by atoms with Gasteiger partial charge in [0.25, 0.3) is 0 Å². The third-order valence-electron chi connectivity index (χ3n) is 3.07. The second kappa shape index (κ2) is 4.30. The average Bonchev–Trinajstić information content (AvgIpc) is 2.25. The molecule has 0 unspecified atom stereocenters. The third kappa shape index (κ3) is 1.94. The van der Waals surface area contributed by atoms with E-state index in [9.17, 15) is 0 Å². The summed E-state index contributed by atoms with van der Waals surface area (Å²) in [5, 5.41) is 0. The zero-order chi connectivity index (χ0) is 11.8. The molecule has 1 aromatic carbocycles. The minimum absolute atomic E-state index is 0.170. The van der Waals surface area contributed by atoms with E-state index in [1.54, 1.807) is 7.11 Å². The Kier molecular flexibility index (Phi) is 3.17. The fourth-order valence-electron chi connectivity index (χ4n) is 1.90. The van der Waals surface area contributed by atoms with Crippen LogP contribution in [0, 0.1) is 0 Å². The molecule has 1 fully saturated rings. The predicted octanol–water partition coefficient (Wildman–Crippen LogP) is 2.97. The average molecular weight is 238 g/mol. The van der Waals surface area contributed by atoms with Crippen LogP contribution in [0.3, 0.4) is 0 Å². The zero-order valence-corrected chi connectivity index (χ0v) is 10.9. The van der Waals surface area contributed by atoms with Gasteiger partial charge in [-0.05, 0) is 17.5 Å². The van der Waals surface area contributed by atoms with E-state index in [4.69, 9.17) is 22.1 Å². The first-order valence-electron chi connectivity index (χ1n) is 5.55. The van der Waals surface area contributed by atoms with Crippen LogP contribution in [0.15, 0.2) is 18.2 Å². The number of hydrogen-bond donors (Lipinski definition) is 1. The van der Waals surface area contributed by atoms with Crippen LogP contribution in [0.1, 0.15) is 30.9 Å². The topological polar surface area (TPSA) is 18.5 Å². The largest absolute Gasteiger partial charge is 0.496 e. The van der Waals surface area contributed by atoms with Gasteiger partial charge in [-0.3, -0.25) is 0 Å². The summed E-state index contributed by atoms with van der Waals surface area (Å²) in [7, 11) is 1.70. The molecular formula is C13H18O2S. The van der Waals surface area contributed by atoms with Crippen molar-refractivity contribution in [3.63, 3.8) is 0 Å². The van der Waals surface area contributed by atoms with E-state index < -0.39 is 0 Å². The summed E-state index contributed by atoms with van der Waals surface area (Å²) in [5.41, 5.74) is 2.46. The molecule has 88 valence electrons. The summed E-state index contributed by atoms with van der Waals surface area (Å²) in [5.74, 6) is 1.42. The summed E-state index contributed by atoms with van der Waals surface area (Å²) in [6.07, 6.45) is 0. The molecular weight excluding hydrogens is 220 g/mol. The van der Waals surface area contributed by atoms with Crippen LogP contribution in [-0.2, 0) is 9.48 Å². The van der Waals surface area contributed by atoms with Crippen molar-refractivity contribution in [2.75, 3.05) is 20.3 Å². The standard InChI is InChI=1S/C13H18O2S/c1-9(2)10-4-5-12(14-3)11(6-10)13(16)7-15-8-13/h4-6,9,16H,7-8H2,1-3H3. The van der Waals surface area contributed by atoms with Crippen molar-refractivity contribution in [3.05, 3.63) is 29.3 Å². The van der Waals surface area contributed by atoms with Gasteiger partial charge in [-0.1, -0.05) is 26.0 Å². The Labute approximate surface area is 102 Å². The van der Waals surface area contributed by atoms with Gasteiger partial charge in [0, 0.05) is 5.56 Å². The molecule has 3 heteroatoms. The van der Waals surface area contributed by atoms with Gasteiger partial charge in [-0.25, -0.2) is 0 Å². The van der Waals surface area contributed by atoms with Crippen molar-refractivity contribution in [1.29, 1.82) is 0 Å². The van der Waals surface area contributed by atoms with Crippen molar-refractivity contribution < 1.29 is 9.47 Å². The van der Waals surface area contributed by atoms with E-state index in [1.807, 2.05) is 6.07 Å². The Morgan fingerprint density at radius 3 is 2.50 bits per heavy atom. The van der Waals surface area contributed by atoms with E-state index >= 15 is 0 Å². The second-order valence-electron chi connectivity index (χ2n) is 4.64. The molecule has 2 rings (SSSR count). The Hall–Kier alpha value is -0.670. The van der Waals surface area contributed by atoms with Crippen LogP contribution in [0.25, 0.3) is 0 Å². The van der Waals surface area contributed by atoms with Gasteiger partial charge in [0.05, 0.1) is 25.1 Å². The van der Waals surface area contributed by atoms with Crippen LogP contribution >= 0.6 is 12.6 Å². The highest BCUT2D eigenvalue weighted by Crippen LogP contribution is 2.42. The molecule has 16 heavy (non-hydrogen) atoms. The number of benzene rings is 1. The van der Waals surface area contributed by atoms with E-state index in [-0.39, 0.29) is 4.75 Å². The Balaban J connectivity index is 2.43. The van der Waals surface area contributed by atoms with Gasteiger partial charge in [-0.2, -0.15) is 12.6 Å². The number of ether oxygens (including phenoxy) is 2. The molecule has 0 atom stereocenters. The van der Waals surface area contributed by atoms with Gasteiger partial charge in [0.15, 0.2) is 0 Å².